The quantitative estimate of drug-likeness (QED) is 0.331. The lowest BCUT2D eigenvalue weighted by molar-refractivity contribution is -0.113. The third kappa shape index (κ3) is 5.58. The van der Waals surface area contributed by atoms with Gasteiger partial charge in [0.05, 0.1) is 11.9 Å². The first-order valence-electron chi connectivity index (χ1n) is 10.6. The normalized spacial score (nSPS) is 11.8. The van der Waals surface area contributed by atoms with E-state index in [1.807, 2.05) is 28.8 Å². The van der Waals surface area contributed by atoms with Crippen molar-refractivity contribution in [1.29, 1.82) is 0 Å². The number of hydrogen-bond donors (Lipinski definition) is 1. The molecule has 1 atom stereocenters. The highest BCUT2D eigenvalue weighted by Gasteiger charge is 2.18. The predicted octanol–water partition coefficient (Wildman–Crippen LogP) is 5.62. The maximum Gasteiger partial charge on any atom is 0.234 e. The predicted molar refractivity (Wildman–Crippen MR) is 132 cm³/mol. The number of amides is 1. The summed E-state index contributed by atoms with van der Waals surface area (Å²) >= 11 is 7.36. The molecule has 2 heterocycles. The molecule has 9 heteroatoms. The smallest absolute Gasteiger partial charge is 0.234 e. The van der Waals surface area contributed by atoms with Gasteiger partial charge in [-0.05, 0) is 54.3 Å². The van der Waals surface area contributed by atoms with Crippen LogP contribution in [0.15, 0.2) is 72.3 Å². The summed E-state index contributed by atoms with van der Waals surface area (Å²) in [5, 5.41) is 12.8. The van der Waals surface area contributed by atoms with Crippen molar-refractivity contribution < 1.29 is 4.79 Å². The molecule has 0 spiro atoms. The Hall–Kier alpha value is -3.23. The Bertz CT molecular complexity index is 1210. The minimum atomic E-state index is -0.122. The zero-order chi connectivity index (χ0) is 23.2. The largest absolute Gasteiger partial charge is 0.325 e. The monoisotopic (exact) mass is 478 g/mol. The Morgan fingerprint density at radius 2 is 1.85 bits per heavy atom. The van der Waals surface area contributed by atoms with E-state index in [9.17, 15) is 4.79 Å². The summed E-state index contributed by atoms with van der Waals surface area (Å²) in [5.41, 5.74) is 3.43. The highest BCUT2D eigenvalue weighted by atomic mass is 35.5. The van der Waals surface area contributed by atoms with Gasteiger partial charge in [-0.2, -0.15) is 0 Å². The van der Waals surface area contributed by atoms with Crippen LogP contribution >= 0.6 is 23.4 Å². The summed E-state index contributed by atoms with van der Waals surface area (Å²) in [6, 6.07) is 15.3. The Labute approximate surface area is 201 Å². The van der Waals surface area contributed by atoms with Crippen LogP contribution in [-0.4, -0.2) is 36.4 Å². The average Bonchev–Trinajstić information content (AvgIpc) is 3.28. The summed E-state index contributed by atoms with van der Waals surface area (Å²) in [6.45, 7) is 4.35. The molecule has 0 fully saturated rings. The molecule has 1 amide bonds. The van der Waals surface area contributed by atoms with Crippen molar-refractivity contribution in [2.24, 2.45) is 0 Å². The summed E-state index contributed by atoms with van der Waals surface area (Å²) in [4.78, 5) is 21.1. The third-order valence-electron chi connectivity index (χ3n) is 5.22. The van der Waals surface area contributed by atoms with E-state index in [0.29, 0.717) is 27.6 Å². The number of aromatic nitrogens is 5. The molecular weight excluding hydrogens is 456 g/mol. The number of benzene rings is 2. The molecule has 2 aromatic heterocycles. The van der Waals surface area contributed by atoms with Gasteiger partial charge in [0.2, 0.25) is 5.91 Å². The number of carbonyl (C=O) groups is 1. The number of nitrogens with zero attached hydrogens (tertiary/aromatic N) is 5. The highest BCUT2D eigenvalue weighted by Crippen LogP contribution is 2.28. The maximum atomic E-state index is 12.6. The number of nitrogens with one attached hydrogen (secondary N) is 1. The summed E-state index contributed by atoms with van der Waals surface area (Å²) < 4.78 is 1.85. The van der Waals surface area contributed by atoms with Crippen LogP contribution in [0.3, 0.4) is 0 Å². The minimum absolute atomic E-state index is 0.122. The van der Waals surface area contributed by atoms with Crippen LogP contribution in [0, 0.1) is 0 Å². The minimum Gasteiger partial charge on any atom is -0.325 e. The molecule has 0 aliphatic carbocycles. The van der Waals surface area contributed by atoms with Crippen LogP contribution in [0.2, 0.25) is 5.02 Å². The second-order valence-corrected chi connectivity index (χ2v) is 8.86. The van der Waals surface area contributed by atoms with E-state index >= 15 is 0 Å². The number of thioether (sulfide) groups is 1. The number of carbonyl (C=O) groups excluding carboxylic acids is 1. The molecule has 168 valence electrons. The van der Waals surface area contributed by atoms with Crippen molar-refractivity contribution in [1.82, 2.24) is 24.7 Å². The van der Waals surface area contributed by atoms with Crippen LogP contribution in [0.5, 0.6) is 0 Å². The van der Waals surface area contributed by atoms with E-state index in [1.165, 1.54) is 17.3 Å². The Morgan fingerprint density at radius 1 is 1.09 bits per heavy atom. The van der Waals surface area contributed by atoms with Gasteiger partial charge in [0.1, 0.15) is 5.69 Å². The van der Waals surface area contributed by atoms with Crippen molar-refractivity contribution in [3.63, 3.8) is 0 Å². The molecule has 0 saturated carbocycles. The van der Waals surface area contributed by atoms with E-state index in [1.54, 1.807) is 30.7 Å². The van der Waals surface area contributed by atoms with Gasteiger partial charge >= 0.3 is 0 Å². The topological polar surface area (TPSA) is 85.6 Å². The number of hydrogen-bond acceptors (Lipinski definition) is 6. The number of rotatable bonds is 8. The lowest BCUT2D eigenvalue weighted by Gasteiger charge is -2.11. The van der Waals surface area contributed by atoms with Gasteiger partial charge in [0.15, 0.2) is 11.0 Å². The van der Waals surface area contributed by atoms with Gasteiger partial charge in [-0.25, -0.2) is 4.98 Å². The van der Waals surface area contributed by atoms with E-state index < -0.39 is 0 Å². The van der Waals surface area contributed by atoms with Crippen LogP contribution in [0.1, 0.15) is 31.7 Å². The zero-order valence-corrected chi connectivity index (χ0v) is 19.8. The average molecular weight is 479 g/mol. The number of halogens is 1. The Kier molecular flexibility index (Phi) is 7.36. The van der Waals surface area contributed by atoms with Crippen molar-refractivity contribution >= 4 is 35.0 Å². The first kappa shape index (κ1) is 22.9. The lowest BCUT2D eigenvalue weighted by atomic mass is 9.99. The van der Waals surface area contributed by atoms with Crippen LogP contribution < -0.4 is 5.32 Å². The molecule has 0 radical (unpaired) electrons. The van der Waals surface area contributed by atoms with Crippen LogP contribution in [0.4, 0.5) is 5.69 Å². The summed E-state index contributed by atoms with van der Waals surface area (Å²) in [6.07, 6.45) is 5.90. The molecule has 0 aliphatic heterocycles. The van der Waals surface area contributed by atoms with Crippen molar-refractivity contribution in [2.75, 3.05) is 11.1 Å². The standard InChI is InChI=1S/C24H23ClN6OS/c1-3-16(2)17-4-8-19(9-5-17)28-22(32)15-33-24-30-29-23(21-14-26-12-13-27-21)31(24)20-10-6-18(25)7-11-20/h4-14,16H,3,15H2,1-2H3,(H,28,32)/t16-/m1/s1. The molecule has 33 heavy (non-hydrogen) atoms. The first-order chi connectivity index (χ1) is 16.0. The van der Waals surface area contributed by atoms with E-state index in [0.717, 1.165) is 17.8 Å². The Balaban J connectivity index is 1.51. The molecule has 2 aromatic carbocycles. The maximum absolute atomic E-state index is 12.6. The fourth-order valence-corrected chi connectivity index (χ4v) is 4.10. The van der Waals surface area contributed by atoms with Gasteiger partial charge in [-0.1, -0.05) is 49.3 Å². The van der Waals surface area contributed by atoms with Gasteiger partial charge < -0.3 is 5.32 Å². The molecule has 0 bridgehead atoms. The SMILES string of the molecule is CC[C@@H](C)c1ccc(NC(=O)CSc2nnc(-c3cnccn3)n2-c2ccc(Cl)cc2)cc1. The lowest BCUT2D eigenvalue weighted by Crippen LogP contribution is -2.14. The van der Waals surface area contributed by atoms with Gasteiger partial charge in [-0.15, -0.1) is 10.2 Å². The van der Waals surface area contributed by atoms with E-state index in [4.69, 9.17) is 11.6 Å². The molecule has 0 saturated heterocycles. The number of anilines is 1. The second-order valence-electron chi connectivity index (χ2n) is 7.48. The zero-order valence-electron chi connectivity index (χ0n) is 18.3. The summed E-state index contributed by atoms with van der Waals surface area (Å²) in [5.74, 6) is 1.09. The molecule has 7 nitrogen and oxygen atoms in total. The second kappa shape index (κ2) is 10.6. The molecule has 4 rings (SSSR count). The molecule has 0 aliphatic rings. The molecular formula is C24H23ClN6OS. The van der Waals surface area contributed by atoms with Crippen molar-refractivity contribution in [2.45, 2.75) is 31.3 Å². The fourth-order valence-electron chi connectivity index (χ4n) is 3.22. The molecule has 4 aromatic rings. The highest BCUT2D eigenvalue weighted by molar-refractivity contribution is 7.99. The van der Waals surface area contributed by atoms with E-state index in [-0.39, 0.29) is 11.7 Å². The first-order valence-corrected chi connectivity index (χ1v) is 11.9. The summed E-state index contributed by atoms with van der Waals surface area (Å²) in [7, 11) is 0. The fraction of sp³-hybridized carbons (Fsp3) is 0.208. The van der Waals surface area contributed by atoms with Crippen LogP contribution in [0.25, 0.3) is 17.2 Å². The van der Waals surface area contributed by atoms with Crippen molar-refractivity contribution in [3.05, 3.63) is 77.7 Å². The molecule has 0 unspecified atom stereocenters. The molecule has 1 N–H and O–H groups in total. The van der Waals surface area contributed by atoms with Gasteiger partial charge in [0.25, 0.3) is 0 Å². The van der Waals surface area contributed by atoms with Gasteiger partial charge in [-0.3, -0.25) is 14.3 Å². The van der Waals surface area contributed by atoms with E-state index in [2.05, 4.69) is 51.5 Å². The van der Waals surface area contributed by atoms with Gasteiger partial charge in [0, 0.05) is 28.8 Å². The van der Waals surface area contributed by atoms with Crippen molar-refractivity contribution in [3.8, 4) is 17.2 Å². The third-order valence-corrected chi connectivity index (χ3v) is 6.40. The Morgan fingerprint density at radius 3 is 2.52 bits per heavy atom. The van der Waals surface area contributed by atoms with Crippen LogP contribution in [-0.2, 0) is 4.79 Å².